The van der Waals surface area contributed by atoms with E-state index in [1.54, 1.807) is 0 Å². The quantitative estimate of drug-likeness (QED) is 0.0464. The fraction of sp³-hybridized carbons (Fsp3) is 0.935. The third kappa shape index (κ3) is 36.7. The van der Waals surface area contributed by atoms with Gasteiger partial charge < -0.3 is 9.47 Å². The molecule has 0 spiro atoms. The van der Waals surface area contributed by atoms with Gasteiger partial charge >= 0.3 is 11.9 Å². The minimum atomic E-state index is -0.0270. The van der Waals surface area contributed by atoms with Crippen LogP contribution in [0.5, 0.6) is 0 Å². The van der Waals surface area contributed by atoms with Crippen molar-refractivity contribution in [2.75, 3.05) is 0 Å². The van der Waals surface area contributed by atoms with E-state index in [2.05, 4.69) is 27.7 Å². The smallest absolute Gasteiger partial charge is 0.306 e. The summed E-state index contributed by atoms with van der Waals surface area (Å²) < 4.78 is 11.8. The molecule has 0 aliphatic carbocycles. The zero-order valence-electron chi connectivity index (χ0n) is 34.9. The second-order valence-corrected chi connectivity index (χ2v) is 15.8. The number of ketones is 1. The van der Waals surface area contributed by atoms with E-state index < -0.39 is 0 Å². The highest BCUT2D eigenvalue weighted by Crippen LogP contribution is 2.19. The van der Waals surface area contributed by atoms with Crippen molar-refractivity contribution in [3.05, 3.63) is 0 Å². The Hall–Kier alpha value is -1.39. The van der Waals surface area contributed by atoms with Gasteiger partial charge in [0, 0.05) is 25.7 Å². The molecule has 0 rings (SSSR count). The third-order valence-electron chi connectivity index (χ3n) is 10.5. The Bertz CT molecular complexity index is 749. The molecule has 0 amide bonds. The van der Waals surface area contributed by atoms with Crippen LogP contribution in [0.2, 0.25) is 0 Å². The Balaban J connectivity index is 3.89. The van der Waals surface area contributed by atoms with Crippen LogP contribution >= 0.6 is 0 Å². The van der Waals surface area contributed by atoms with Gasteiger partial charge in [-0.3, -0.25) is 14.4 Å². The van der Waals surface area contributed by atoms with E-state index in [1.807, 2.05) is 0 Å². The maximum Gasteiger partial charge on any atom is 0.306 e. The number of ether oxygens (including phenoxy) is 2. The number of Topliss-reactive ketones (excluding diaryl/α,β-unsaturated/α-hetero) is 1. The van der Waals surface area contributed by atoms with Crippen LogP contribution in [0.4, 0.5) is 0 Å². The molecule has 302 valence electrons. The lowest BCUT2D eigenvalue weighted by molar-refractivity contribution is -0.151. The molecule has 1 atom stereocenters. The first-order valence-electron chi connectivity index (χ1n) is 22.9. The number of hydrogen-bond donors (Lipinski definition) is 0. The second kappa shape index (κ2) is 39.8. The molecule has 0 saturated heterocycles. The summed E-state index contributed by atoms with van der Waals surface area (Å²) in [6.45, 7) is 8.92. The molecule has 0 aliphatic heterocycles. The Labute approximate surface area is 318 Å². The number of carbonyl (C=O) groups is 3. The Kier molecular flexibility index (Phi) is 38.7. The molecular formula is C46H88O5. The maximum absolute atomic E-state index is 12.6. The van der Waals surface area contributed by atoms with Crippen LogP contribution in [0.1, 0.15) is 265 Å². The van der Waals surface area contributed by atoms with Gasteiger partial charge in [-0.2, -0.15) is 0 Å². The topological polar surface area (TPSA) is 69.7 Å². The average molecular weight is 721 g/mol. The van der Waals surface area contributed by atoms with E-state index in [4.69, 9.17) is 9.47 Å². The molecule has 0 saturated carbocycles. The largest absolute Gasteiger partial charge is 0.462 e. The highest BCUT2D eigenvalue weighted by atomic mass is 16.5. The van der Waals surface area contributed by atoms with Gasteiger partial charge in [-0.05, 0) is 70.6 Å². The highest BCUT2D eigenvalue weighted by molar-refractivity contribution is 5.78. The molecule has 0 fully saturated rings. The van der Waals surface area contributed by atoms with Gasteiger partial charge in [-0.1, -0.05) is 169 Å². The van der Waals surface area contributed by atoms with E-state index in [0.29, 0.717) is 31.5 Å². The summed E-state index contributed by atoms with van der Waals surface area (Å²) in [5.41, 5.74) is 0. The second-order valence-electron chi connectivity index (χ2n) is 15.8. The SMILES string of the molecule is CCCCCCCCC(CCC)OC(=O)CCCCCCCC(=O)CCCCCCCC(=O)OC(CCCCCCCC)CCCCCCCC. The molecule has 5 nitrogen and oxygen atoms in total. The summed E-state index contributed by atoms with van der Waals surface area (Å²) in [7, 11) is 0. The molecule has 0 heterocycles. The van der Waals surface area contributed by atoms with Gasteiger partial charge in [0.05, 0.1) is 0 Å². The molecule has 0 radical (unpaired) electrons. The molecule has 51 heavy (non-hydrogen) atoms. The van der Waals surface area contributed by atoms with E-state index in [9.17, 15) is 14.4 Å². The molecule has 0 N–H and O–H groups in total. The van der Waals surface area contributed by atoms with Crippen molar-refractivity contribution in [2.24, 2.45) is 0 Å². The fourth-order valence-electron chi connectivity index (χ4n) is 7.16. The van der Waals surface area contributed by atoms with Gasteiger partial charge in [0.15, 0.2) is 0 Å². The zero-order chi connectivity index (χ0) is 37.5. The van der Waals surface area contributed by atoms with Gasteiger partial charge in [-0.25, -0.2) is 0 Å². The zero-order valence-corrected chi connectivity index (χ0v) is 34.9. The van der Waals surface area contributed by atoms with Gasteiger partial charge in [0.2, 0.25) is 0 Å². The maximum atomic E-state index is 12.6. The van der Waals surface area contributed by atoms with Crippen LogP contribution in [0, 0.1) is 0 Å². The lowest BCUT2D eigenvalue weighted by Crippen LogP contribution is -2.18. The van der Waals surface area contributed by atoms with Crippen molar-refractivity contribution in [2.45, 2.75) is 277 Å². The molecule has 0 bridgehead atoms. The van der Waals surface area contributed by atoms with Crippen LogP contribution in [0.25, 0.3) is 0 Å². The standard InChI is InChI=1S/C46H88O5/c1-5-9-12-15-22-29-37-43(34-8-4)50-45(48)40-32-25-18-20-27-35-42(47)36-28-21-19-26-33-41-46(49)51-44(38-30-23-16-13-10-6-2)39-31-24-17-14-11-7-3/h43-44H,5-41H2,1-4H3. The van der Waals surface area contributed by atoms with Crippen LogP contribution in [0.15, 0.2) is 0 Å². The lowest BCUT2D eigenvalue weighted by atomic mass is 10.0. The normalized spacial score (nSPS) is 12.0. The van der Waals surface area contributed by atoms with E-state index in [0.717, 1.165) is 103 Å². The Morgan fingerprint density at radius 3 is 0.922 bits per heavy atom. The summed E-state index contributed by atoms with van der Waals surface area (Å²) in [4.78, 5) is 37.4. The molecule has 1 unspecified atom stereocenters. The van der Waals surface area contributed by atoms with Crippen molar-refractivity contribution in [1.82, 2.24) is 0 Å². The number of esters is 2. The average Bonchev–Trinajstić information content (AvgIpc) is 3.11. The minimum Gasteiger partial charge on any atom is -0.462 e. The van der Waals surface area contributed by atoms with E-state index in [1.165, 1.54) is 109 Å². The summed E-state index contributed by atoms with van der Waals surface area (Å²) >= 11 is 0. The Morgan fingerprint density at radius 2 is 0.588 bits per heavy atom. The van der Waals surface area contributed by atoms with Crippen molar-refractivity contribution in [1.29, 1.82) is 0 Å². The fourth-order valence-corrected chi connectivity index (χ4v) is 7.16. The summed E-state index contributed by atoms with van der Waals surface area (Å²) in [6.07, 6.45) is 40.7. The first-order valence-corrected chi connectivity index (χ1v) is 22.9. The number of carbonyl (C=O) groups excluding carboxylic acids is 3. The van der Waals surface area contributed by atoms with Gasteiger partial charge in [0.1, 0.15) is 18.0 Å². The van der Waals surface area contributed by atoms with Crippen molar-refractivity contribution in [3.63, 3.8) is 0 Å². The van der Waals surface area contributed by atoms with Crippen LogP contribution < -0.4 is 0 Å². The number of unbranched alkanes of at least 4 members (excludes halogenated alkanes) is 23. The van der Waals surface area contributed by atoms with Crippen molar-refractivity contribution in [3.8, 4) is 0 Å². The molecule has 0 aromatic rings. The van der Waals surface area contributed by atoms with Gasteiger partial charge in [-0.15, -0.1) is 0 Å². The molecule has 0 aromatic heterocycles. The monoisotopic (exact) mass is 721 g/mol. The number of rotatable bonds is 41. The van der Waals surface area contributed by atoms with Crippen molar-refractivity contribution >= 4 is 17.7 Å². The van der Waals surface area contributed by atoms with Crippen LogP contribution in [0.3, 0.4) is 0 Å². The minimum absolute atomic E-state index is 0.00788. The van der Waals surface area contributed by atoms with E-state index in [-0.39, 0.29) is 24.1 Å². The van der Waals surface area contributed by atoms with Gasteiger partial charge in [0.25, 0.3) is 0 Å². The van der Waals surface area contributed by atoms with E-state index >= 15 is 0 Å². The molecule has 0 aromatic carbocycles. The first kappa shape index (κ1) is 49.6. The molecule has 0 aliphatic rings. The number of hydrogen-bond acceptors (Lipinski definition) is 5. The van der Waals surface area contributed by atoms with Crippen LogP contribution in [-0.2, 0) is 23.9 Å². The Morgan fingerprint density at radius 1 is 0.314 bits per heavy atom. The highest BCUT2D eigenvalue weighted by Gasteiger charge is 2.15. The summed E-state index contributed by atoms with van der Waals surface area (Å²) in [5.74, 6) is 0.350. The summed E-state index contributed by atoms with van der Waals surface area (Å²) in [5, 5.41) is 0. The predicted octanol–water partition coefficient (Wildman–Crippen LogP) is 14.9. The van der Waals surface area contributed by atoms with Crippen LogP contribution in [-0.4, -0.2) is 29.9 Å². The predicted molar refractivity (Wildman–Crippen MR) is 218 cm³/mol. The third-order valence-corrected chi connectivity index (χ3v) is 10.5. The molecule has 5 heteroatoms. The van der Waals surface area contributed by atoms with Crippen molar-refractivity contribution < 1.29 is 23.9 Å². The lowest BCUT2D eigenvalue weighted by Gasteiger charge is -2.18. The summed E-state index contributed by atoms with van der Waals surface area (Å²) in [6, 6.07) is 0. The molecular weight excluding hydrogens is 633 g/mol. The first-order chi connectivity index (χ1) is 25.0.